The summed E-state index contributed by atoms with van der Waals surface area (Å²) in [6.45, 7) is 9.05. The van der Waals surface area contributed by atoms with Gasteiger partial charge in [0.1, 0.15) is 24.2 Å². The van der Waals surface area contributed by atoms with E-state index in [4.69, 9.17) is 0 Å². The maximum atomic E-state index is 12.9. The van der Waals surface area contributed by atoms with Crippen LogP contribution in [-0.4, -0.2) is 133 Å². The van der Waals surface area contributed by atoms with Gasteiger partial charge in [-0.25, -0.2) is 0 Å². The first-order valence-electron chi connectivity index (χ1n) is 12.4. The van der Waals surface area contributed by atoms with Crippen LogP contribution in [0.1, 0.15) is 41.5 Å². The molecule has 0 saturated carbocycles. The minimum absolute atomic E-state index is 0.334. The SMILES string of the molecule is CNC(=O)C(O)C(C)NC(=O)C(C)N(C)C(=O)C(C)NC(=O)C(C)N(C)C(=O)C(C)NC(=O)C(C)N(C)C. The zero-order valence-corrected chi connectivity index (χ0v) is 24.3. The van der Waals surface area contributed by atoms with Gasteiger partial charge in [-0.05, 0) is 55.6 Å². The van der Waals surface area contributed by atoms with Crippen LogP contribution in [0, 0.1) is 0 Å². The number of amides is 6. The van der Waals surface area contributed by atoms with E-state index >= 15 is 0 Å². The lowest BCUT2D eigenvalue weighted by atomic mass is 10.1. The fraction of sp³-hybridized carbons (Fsp3) is 0.750. The Balaban J connectivity index is 5.08. The lowest BCUT2D eigenvalue weighted by Gasteiger charge is -2.31. The predicted molar refractivity (Wildman–Crippen MR) is 141 cm³/mol. The molecule has 38 heavy (non-hydrogen) atoms. The number of aliphatic hydroxyl groups excluding tert-OH is 1. The van der Waals surface area contributed by atoms with E-state index < -0.39 is 71.9 Å². The normalized spacial score (nSPS) is 16.6. The van der Waals surface area contributed by atoms with Gasteiger partial charge in [0.2, 0.25) is 29.5 Å². The molecule has 6 amide bonds. The highest BCUT2D eigenvalue weighted by Crippen LogP contribution is 2.05. The van der Waals surface area contributed by atoms with Crippen LogP contribution in [0.4, 0.5) is 0 Å². The molecule has 14 heteroatoms. The van der Waals surface area contributed by atoms with Gasteiger partial charge < -0.3 is 36.2 Å². The third kappa shape index (κ3) is 9.56. The first-order chi connectivity index (χ1) is 17.4. The molecule has 0 heterocycles. The van der Waals surface area contributed by atoms with Gasteiger partial charge in [-0.1, -0.05) is 0 Å². The minimum atomic E-state index is -1.47. The van der Waals surface area contributed by atoms with Gasteiger partial charge in [0.15, 0.2) is 6.10 Å². The second kappa shape index (κ2) is 15.2. The first-order valence-corrected chi connectivity index (χ1v) is 12.4. The van der Waals surface area contributed by atoms with Crippen molar-refractivity contribution in [3.63, 3.8) is 0 Å². The number of nitrogens with one attached hydrogen (secondary N) is 4. The molecule has 0 aliphatic carbocycles. The lowest BCUT2D eigenvalue weighted by molar-refractivity contribution is -0.144. The van der Waals surface area contributed by atoms with Crippen LogP contribution >= 0.6 is 0 Å². The highest BCUT2D eigenvalue weighted by atomic mass is 16.3. The molecule has 5 N–H and O–H groups in total. The summed E-state index contributed by atoms with van der Waals surface area (Å²) in [5, 5.41) is 19.8. The molecule has 14 nitrogen and oxygen atoms in total. The Morgan fingerprint density at radius 1 is 0.579 bits per heavy atom. The van der Waals surface area contributed by atoms with E-state index in [1.807, 2.05) is 0 Å². The summed E-state index contributed by atoms with van der Waals surface area (Å²) >= 11 is 0. The Morgan fingerprint density at radius 2 is 0.921 bits per heavy atom. The molecular weight excluding hydrogens is 498 g/mol. The summed E-state index contributed by atoms with van der Waals surface area (Å²) in [5.74, 6) is -3.26. The van der Waals surface area contributed by atoms with Crippen LogP contribution in [0.3, 0.4) is 0 Å². The van der Waals surface area contributed by atoms with E-state index in [0.29, 0.717) is 0 Å². The topological polar surface area (TPSA) is 180 Å². The number of rotatable bonds is 13. The summed E-state index contributed by atoms with van der Waals surface area (Å²) in [7, 11) is 7.63. The van der Waals surface area contributed by atoms with E-state index in [-0.39, 0.29) is 5.91 Å². The fourth-order valence-electron chi connectivity index (χ4n) is 3.17. The van der Waals surface area contributed by atoms with Gasteiger partial charge >= 0.3 is 0 Å². The number of carbonyl (C=O) groups is 6. The van der Waals surface area contributed by atoms with Crippen molar-refractivity contribution in [2.75, 3.05) is 35.2 Å². The molecule has 0 aliphatic heterocycles. The van der Waals surface area contributed by atoms with E-state index in [1.54, 1.807) is 25.9 Å². The molecule has 7 unspecified atom stereocenters. The van der Waals surface area contributed by atoms with Gasteiger partial charge in [-0.3, -0.25) is 33.7 Å². The molecular formula is C24H45N7O7. The predicted octanol–water partition coefficient (Wildman–Crippen LogP) is -2.75. The van der Waals surface area contributed by atoms with Crippen LogP contribution < -0.4 is 21.3 Å². The quantitative estimate of drug-likeness (QED) is 0.166. The van der Waals surface area contributed by atoms with E-state index in [0.717, 1.165) is 4.90 Å². The van der Waals surface area contributed by atoms with E-state index in [2.05, 4.69) is 21.3 Å². The Kier molecular flexibility index (Phi) is 13.9. The molecule has 0 saturated heterocycles. The van der Waals surface area contributed by atoms with Crippen molar-refractivity contribution in [2.24, 2.45) is 0 Å². The molecule has 0 rings (SSSR count). The van der Waals surface area contributed by atoms with Crippen molar-refractivity contribution >= 4 is 35.4 Å². The van der Waals surface area contributed by atoms with E-state index in [1.165, 1.54) is 60.7 Å². The van der Waals surface area contributed by atoms with Crippen molar-refractivity contribution < 1.29 is 33.9 Å². The maximum absolute atomic E-state index is 12.9. The number of aliphatic hydroxyl groups is 1. The van der Waals surface area contributed by atoms with Gasteiger partial charge in [-0.2, -0.15) is 0 Å². The summed E-state index contributed by atoms with van der Waals surface area (Å²) in [5.41, 5.74) is 0. The monoisotopic (exact) mass is 543 g/mol. The number of nitrogens with zero attached hydrogens (tertiary/aromatic N) is 3. The summed E-state index contributed by atoms with van der Waals surface area (Å²) < 4.78 is 0. The zero-order chi connectivity index (χ0) is 30.1. The molecule has 7 atom stereocenters. The molecule has 0 aliphatic rings. The first kappa shape index (κ1) is 34.7. The smallest absolute Gasteiger partial charge is 0.250 e. The average Bonchev–Trinajstić information content (AvgIpc) is 2.88. The standard InChI is InChI=1S/C24H45N7O7/c1-12(18(32)22(36)25-7)26-20(34)16(5)30(10)24(38)14(3)28-21(35)17(6)31(11)23(37)13(2)27-19(33)15(4)29(8)9/h12-18,32H,1-11H3,(H,25,36)(H,26,34)(H,27,33)(H,28,35). The van der Waals surface area contributed by atoms with Crippen molar-refractivity contribution in [3.8, 4) is 0 Å². The molecule has 0 aromatic rings. The van der Waals surface area contributed by atoms with Crippen LogP contribution in [0.5, 0.6) is 0 Å². The highest BCUT2D eigenvalue weighted by Gasteiger charge is 2.32. The Hall–Kier alpha value is -3.26. The molecule has 0 radical (unpaired) electrons. The summed E-state index contributed by atoms with van der Waals surface area (Å²) in [6.07, 6.45) is -1.47. The highest BCUT2D eigenvalue weighted by molar-refractivity contribution is 5.95. The largest absolute Gasteiger partial charge is 0.381 e. The summed E-state index contributed by atoms with van der Waals surface area (Å²) in [4.78, 5) is 78.7. The second-order valence-electron chi connectivity index (χ2n) is 9.71. The van der Waals surface area contributed by atoms with Gasteiger partial charge in [-0.15, -0.1) is 0 Å². The number of likely N-dealkylation sites (N-methyl/N-ethyl adjacent to an activating group) is 4. The molecule has 0 spiro atoms. The van der Waals surface area contributed by atoms with Crippen LogP contribution in [0.25, 0.3) is 0 Å². The zero-order valence-electron chi connectivity index (χ0n) is 24.3. The van der Waals surface area contributed by atoms with E-state index in [9.17, 15) is 33.9 Å². The molecule has 0 aromatic carbocycles. The lowest BCUT2D eigenvalue weighted by Crippen LogP contribution is -2.58. The maximum Gasteiger partial charge on any atom is 0.250 e. The fourth-order valence-corrected chi connectivity index (χ4v) is 3.17. The Bertz CT molecular complexity index is 882. The van der Waals surface area contributed by atoms with Crippen LogP contribution in [0.2, 0.25) is 0 Å². The van der Waals surface area contributed by atoms with Crippen LogP contribution in [0.15, 0.2) is 0 Å². The number of carbonyl (C=O) groups excluding carboxylic acids is 6. The Morgan fingerprint density at radius 3 is 1.26 bits per heavy atom. The number of hydrogen-bond acceptors (Lipinski definition) is 8. The molecule has 0 aromatic heterocycles. The molecule has 218 valence electrons. The summed E-state index contributed by atoms with van der Waals surface area (Å²) in [6, 6.07) is -5.19. The van der Waals surface area contributed by atoms with Crippen molar-refractivity contribution in [3.05, 3.63) is 0 Å². The second-order valence-corrected chi connectivity index (χ2v) is 9.71. The minimum Gasteiger partial charge on any atom is -0.381 e. The van der Waals surface area contributed by atoms with Gasteiger partial charge in [0, 0.05) is 21.1 Å². The van der Waals surface area contributed by atoms with Crippen LogP contribution in [-0.2, 0) is 28.8 Å². The molecule has 0 bridgehead atoms. The third-order valence-corrected chi connectivity index (χ3v) is 6.59. The van der Waals surface area contributed by atoms with Crippen molar-refractivity contribution in [1.29, 1.82) is 0 Å². The van der Waals surface area contributed by atoms with Crippen molar-refractivity contribution in [2.45, 2.75) is 83.9 Å². The van der Waals surface area contributed by atoms with Crippen molar-refractivity contribution in [1.82, 2.24) is 36.0 Å². The average molecular weight is 544 g/mol. The van der Waals surface area contributed by atoms with Gasteiger partial charge in [0.25, 0.3) is 5.91 Å². The van der Waals surface area contributed by atoms with Gasteiger partial charge in [0.05, 0.1) is 12.1 Å². The Labute approximate surface area is 224 Å². The number of hydrogen-bond donors (Lipinski definition) is 5. The molecule has 0 fully saturated rings. The third-order valence-electron chi connectivity index (χ3n) is 6.59.